The number of nitrogens with zero attached hydrogens (tertiary/aromatic N) is 1. The Morgan fingerprint density at radius 1 is 1.78 bits per heavy atom. The van der Waals surface area contributed by atoms with Crippen LogP contribution in [0.3, 0.4) is 0 Å². The van der Waals surface area contributed by atoms with E-state index in [1.54, 1.807) is 0 Å². The Labute approximate surface area is 52.1 Å². The number of nitrogens with one attached hydrogen (secondary N) is 2. The molecular formula is C4H6N3O2. The van der Waals surface area contributed by atoms with Gasteiger partial charge in [0.15, 0.2) is 0 Å². The summed E-state index contributed by atoms with van der Waals surface area (Å²) in [5, 5.41) is 8.34. The monoisotopic (exact) mass is 128 g/mol. The molecule has 0 bridgehead atoms. The van der Waals surface area contributed by atoms with Crippen LogP contribution in [0.15, 0.2) is 5.16 Å². The summed E-state index contributed by atoms with van der Waals surface area (Å²) in [6.45, 7) is 1.26. The summed E-state index contributed by atoms with van der Waals surface area (Å²) in [4.78, 5) is 14.7. The van der Waals surface area contributed by atoms with E-state index in [2.05, 4.69) is 20.6 Å². The van der Waals surface area contributed by atoms with Gasteiger partial charge in [-0.3, -0.25) is 10.1 Å². The molecule has 1 aliphatic rings. The molecule has 0 aliphatic carbocycles. The molecule has 0 aromatic rings. The minimum absolute atomic E-state index is 0.217. The molecule has 1 heterocycles. The van der Waals surface area contributed by atoms with Gasteiger partial charge in [-0.25, -0.2) is 0 Å². The van der Waals surface area contributed by atoms with E-state index in [0.29, 0.717) is 5.96 Å². The molecule has 0 atom stereocenters. The first-order chi connectivity index (χ1) is 4.33. The standard InChI is InChI=1S/C4H6N3O2/c1-9-7-4-5-2-3(8)6-4/h2H,1H3,(H2,5,6,7,8). The van der Waals surface area contributed by atoms with Crippen molar-refractivity contribution in [2.75, 3.05) is 7.11 Å². The lowest BCUT2D eigenvalue weighted by Gasteiger charge is -1.91. The quantitative estimate of drug-likeness (QED) is 0.435. The third-order valence-electron chi connectivity index (χ3n) is 0.764. The van der Waals surface area contributed by atoms with E-state index in [1.165, 1.54) is 13.7 Å². The summed E-state index contributed by atoms with van der Waals surface area (Å²) in [6, 6.07) is 0. The normalized spacial score (nSPS) is 21.4. The van der Waals surface area contributed by atoms with Gasteiger partial charge < -0.3 is 10.2 Å². The van der Waals surface area contributed by atoms with Crippen molar-refractivity contribution >= 4 is 11.9 Å². The van der Waals surface area contributed by atoms with Crippen molar-refractivity contribution in [2.45, 2.75) is 0 Å². The van der Waals surface area contributed by atoms with Crippen LogP contribution < -0.4 is 10.6 Å². The molecule has 1 saturated heterocycles. The SMILES string of the molecule is CO/N=C1/N[CH]C(=O)N1. The summed E-state index contributed by atoms with van der Waals surface area (Å²) in [6.07, 6.45) is 0. The smallest absolute Gasteiger partial charge is 0.252 e. The molecule has 1 fully saturated rings. The number of guanidine groups is 1. The van der Waals surface area contributed by atoms with E-state index in [-0.39, 0.29) is 5.91 Å². The second-order valence-electron chi connectivity index (χ2n) is 1.40. The molecule has 1 rings (SSSR count). The fraction of sp³-hybridized carbons (Fsp3) is 0.250. The van der Waals surface area contributed by atoms with Gasteiger partial charge in [0.25, 0.3) is 5.91 Å². The maximum absolute atomic E-state index is 10.4. The molecule has 49 valence electrons. The molecule has 2 N–H and O–H groups in total. The molecule has 5 nitrogen and oxygen atoms in total. The predicted molar refractivity (Wildman–Crippen MR) is 30.0 cm³/mol. The minimum atomic E-state index is -0.217. The number of hydrogen-bond donors (Lipinski definition) is 2. The van der Waals surface area contributed by atoms with E-state index in [4.69, 9.17) is 0 Å². The van der Waals surface area contributed by atoms with Crippen LogP contribution in [-0.4, -0.2) is 19.0 Å². The van der Waals surface area contributed by atoms with Crippen LogP contribution in [0.1, 0.15) is 0 Å². The maximum atomic E-state index is 10.4. The largest absolute Gasteiger partial charge is 0.396 e. The summed E-state index contributed by atoms with van der Waals surface area (Å²) in [7, 11) is 1.40. The van der Waals surface area contributed by atoms with Crippen LogP contribution in [0.25, 0.3) is 0 Å². The van der Waals surface area contributed by atoms with Gasteiger partial charge in [0.05, 0.1) is 0 Å². The van der Waals surface area contributed by atoms with E-state index in [9.17, 15) is 4.79 Å². The van der Waals surface area contributed by atoms with Crippen molar-refractivity contribution in [2.24, 2.45) is 5.16 Å². The topological polar surface area (TPSA) is 62.7 Å². The fourth-order valence-corrected chi connectivity index (χ4v) is 0.463. The first-order valence-electron chi connectivity index (χ1n) is 2.35. The van der Waals surface area contributed by atoms with E-state index < -0.39 is 0 Å². The van der Waals surface area contributed by atoms with Gasteiger partial charge in [0.2, 0.25) is 5.96 Å². The zero-order valence-corrected chi connectivity index (χ0v) is 4.84. The van der Waals surface area contributed by atoms with Crippen LogP contribution in [-0.2, 0) is 9.63 Å². The molecule has 0 spiro atoms. The summed E-state index contributed by atoms with van der Waals surface area (Å²) < 4.78 is 0. The molecule has 1 aliphatic heterocycles. The Kier molecular flexibility index (Phi) is 1.53. The van der Waals surface area contributed by atoms with Crippen LogP contribution in [0.2, 0.25) is 0 Å². The molecule has 5 heteroatoms. The molecule has 1 amide bonds. The molecule has 0 saturated carbocycles. The Balaban J connectivity index is 2.47. The first kappa shape index (κ1) is 5.87. The lowest BCUT2D eigenvalue weighted by Crippen LogP contribution is -2.25. The number of carbonyl (C=O) groups excluding carboxylic acids is 1. The van der Waals surface area contributed by atoms with Crippen molar-refractivity contribution in [1.82, 2.24) is 10.6 Å². The zero-order chi connectivity index (χ0) is 6.69. The molecule has 0 aromatic carbocycles. The Morgan fingerprint density at radius 2 is 2.56 bits per heavy atom. The number of carbonyl (C=O) groups is 1. The van der Waals surface area contributed by atoms with Crippen molar-refractivity contribution in [1.29, 1.82) is 0 Å². The van der Waals surface area contributed by atoms with E-state index in [0.717, 1.165) is 0 Å². The third kappa shape index (κ3) is 1.31. The molecular weight excluding hydrogens is 122 g/mol. The average Bonchev–Trinajstić information content (AvgIpc) is 2.17. The number of oxime groups is 1. The maximum Gasteiger partial charge on any atom is 0.252 e. The molecule has 9 heavy (non-hydrogen) atoms. The van der Waals surface area contributed by atoms with Crippen molar-refractivity contribution < 1.29 is 9.63 Å². The van der Waals surface area contributed by atoms with Crippen molar-refractivity contribution in [3.05, 3.63) is 6.54 Å². The number of rotatable bonds is 1. The Morgan fingerprint density at radius 3 is 3.00 bits per heavy atom. The summed E-state index contributed by atoms with van der Waals surface area (Å²) >= 11 is 0. The van der Waals surface area contributed by atoms with Crippen LogP contribution in [0, 0.1) is 6.54 Å². The lowest BCUT2D eigenvalue weighted by molar-refractivity contribution is -0.115. The summed E-state index contributed by atoms with van der Waals surface area (Å²) in [5.74, 6) is 0.105. The van der Waals surface area contributed by atoms with Gasteiger partial charge in [-0.05, 0) is 5.16 Å². The highest BCUT2D eigenvalue weighted by Crippen LogP contribution is 1.83. The first-order valence-corrected chi connectivity index (χ1v) is 2.35. The second-order valence-corrected chi connectivity index (χ2v) is 1.40. The van der Waals surface area contributed by atoms with Gasteiger partial charge in [0.1, 0.15) is 13.7 Å². The van der Waals surface area contributed by atoms with Gasteiger partial charge in [0, 0.05) is 0 Å². The fourth-order valence-electron chi connectivity index (χ4n) is 0.463. The van der Waals surface area contributed by atoms with Crippen LogP contribution >= 0.6 is 0 Å². The highest BCUT2D eigenvalue weighted by molar-refractivity contribution is 6.07. The van der Waals surface area contributed by atoms with Gasteiger partial charge in [-0.2, -0.15) is 0 Å². The van der Waals surface area contributed by atoms with Crippen LogP contribution in [0.5, 0.6) is 0 Å². The highest BCUT2D eigenvalue weighted by atomic mass is 16.6. The van der Waals surface area contributed by atoms with Gasteiger partial charge in [-0.15, -0.1) is 0 Å². The molecule has 1 radical (unpaired) electrons. The number of hydrogen-bond acceptors (Lipinski definition) is 3. The van der Waals surface area contributed by atoms with E-state index in [1.807, 2.05) is 0 Å². The minimum Gasteiger partial charge on any atom is -0.396 e. The molecule has 0 aromatic heterocycles. The van der Waals surface area contributed by atoms with Crippen molar-refractivity contribution in [3.63, 3.8) is 0 Å². The summed E-state index contributed by atoms with van der Waals surface area (Å²) in [5.41, 5.74) is 0. The van der Waals surface area contributed by atoms with E-state index >= 15 is 0 Å². The highest BCUT2D eigenvalue weighted by Gasteiger charge is 2.14. The predicted octanol–water partition coefficient (Wildman–Crippen LogP) is -1.22. The van der Waals surface area contributed by atoms with Gasteiger partial charge >= 0.3 is 0 Å². The zero-order valence-electron chi connectivity index (χ0n) is 4.84. The Hall–Kier alpha value is -1.26. The Bertz CT molecular complexity index is 154. The lowest BCUT2D eigenvalue weighted by atomic mass is 10.7. The van der Waals surface area contributed by atoms with Crippen LogP contribution in [0.4, 0.5) is 0 Å². The third-order valence-corrected chi connectivity index (χ3v) is 0.764. The number of amides is 1. The van der Waals surface area contributed by atoms with Crippen molar-refractivity contribution in [3.8, 4) is 0 Å². The van der Waals surface area contributed by atoms with Gasteiger partial charge in [-0.1, -0.05) is 0 Å². The average molecular weight is 128 g/mol. The molecule has 0 unspecified atom stereocenters. The second kappa shape index (κ2) is 2.34.